The molecule has 2 amide bonds. The van der Waals surface area contributed by atoms with Crippen molar-refractivity contribution in [3.05, 3.63) is 34.6 Å². The van der Waals surface area contributed by atoms with Crippen LogP contribution >= 0.6 is 11.6 Å². The van der Waals surface area contributed by atoms with Crippen LogP contribution in [0.1, 0.15) is 36.0 Å². The Hall–Kier alpha value is -1.66. The molecule has 3 saturated heterocycles. The zero-order chi connectivity index (χ0) is 18.3. The molecule has 0 aliphatic carbocycles. The Kier molecular flexibility index (Phi) is 4.65. The number of hydrogen-bond donors (Lipinski definition) is 0. The van der Waals surface area contributed by atoms with Gasteiger partial charge >= 0.3 is 0 Å². The minimum absolute atomic E-state index is 0.0521. The molecule has 140 valence electrons. The van der Waals surface area contributed by atoms with Crippen LogP contribution in [0, 0.1) is 11.7 Å². The number of carbonyl (C=O) groups excluding carboxylic acids is 2. The number of benzene rings is 1. The predicted octanol–water partition coefficient (Wildman–Crippen LogP) is 2.72. The number of carbonyl (C=O) groups is 2. The first-order valence-corrected chi connectivity index (χ1v) is 9.50. The average Bonchev–Trinajstić information content (AvgIpc) is 3.25. The van der Waals surface area contributed by atoms with Gasteiger partial charge in [0.25, 0.3) is 5.91 Å². The SMILES string of the molecule is O=C(CC1COC2(C1)CN(C(=O)c1ccc(F)c(Cl)c1)C2)N1CCCC1. The largest absolute Gasteiger partial charge is 0.371 e. The van der Waals surface area contributed by atoms with Crippen molar-refractivity contribution in [2.75, 3.05) is 32.8 Å². The summed E-state index contributed by atoms with van der Waals surface area (Å²) in [6.07, 6.45) is 3.53. The molecule has 1 aromatic carbocycles. The molecule has 3 aliphatic heterocycles. The number of likely N-dealkylation sites (tertiary alicyclic amines) is 2. The zero-order valence-corrected chi connectivity index (χ0v) is 15.3. The van der Waals surface area contributed by atoms with Gasteiger partial charge in [0, 0.05) is 25.1 Å². The summed E-state index contributed by atoms with van der Waals surface area (Å²) in [5, 5.41) is -0.0521. The summed E-state index contributed by atoms with van der Waals surface area (Å²) in [6, 6.07) is 4.01. The molecule has 1 unspecified atom stereocenters. The lowest BCUT2D eigenvalue weighted by atomic mass is 9.85. The second-order valence-electron chi connectivity index (χ2n) is 7.65. The van der Waals surface area contributed by atoms with E-state index in [1.54, 1.807) is 4.90 Å². The van der Waals surface area contributed by atoms with E-state index in [1.165, 1.54) is 18.2 Å². The van der Waals surface area contributed by atoms with Gasteiger partial charge in [-0.15, -0.1) is 0 Å². The Morgan fingerprint density at radius 1 is 1.23 bits per heavy atom. The molecule has 3 fully saturated rings. The van der Waals surface area contributed by atoms with E-state index in [1.807, 2.05) is 4.90 Å². The molecule has 0 saturated carbocycles. The van der Waals surface area contributed by atoms with Gasteiger partial charge in [-0.2, -0.15) is 0 Å². The highest BCUT2D eigenvalue weighted by molar-refractivity contribution is 6.31. The second-order valence-corrected chi connectivity index (χ2v) is 8.05. The van der Waals surface area contributed by atoms with Crippen molar-refractivity contribution in [2.45, 2.75) is 31.3 Å². The lowest BCUT2D eigenvalue weighted by Crippen LogP contribution is -2.63. The van der Waals surface area contributed by atoms with Crippen LogP contribution in [0.5, 0.6) is 0 Å². The van der Waals surface area contributed by atoms with Crippen LogP contribution in [-0.2, 0) is 9.53 Å². The van der Waals surface area contributed by atoms with Crippen LogP contribution in [-0.4, -0.2) is 60.0 Å². The molecular formula is C19H22ClFN2O3. The van der Waals surface area contributed by atoms with E-state index >= 15 is 0 Å². The molecule has 1 spiro atoms. The highest BCUT2D eigenvalue weighted by atomic mass is 35.5. The van der Waals surface area contributed by atoms with Crippen LogP contribution in [0.4, 0.5) is 4.39 Å². The molecule has 0 N–H and O–H groups in total. The molecule has 0 radical (unpaired) electrons. The second kappa shape index (κ2) is 6.82. The Morgan fingerprint density at radius 2 is 1.96 bits per heavy atom. The summed E-state index contributed by atoms with van der Waals surface area (Å²) in [5.41, 5.74) is 0.0557. The minimum Gasteiger partial charge on any atom is -0.371 e. The molecule has 7 heteroatoms. The van der Waals surface area contributed by atoms with E-state index in [2.05, 4.69) is 0 Å². The fraction of sp³-hybridized carbons (Fsp3) is 0.579. The number of nitrogens with zero attached hydrogens (tertiary/aromatic N) is 2. The lowest BCUT2D eigenvalue weighted by molar-refractivity contribution is -0.131. The first kappa shape index (κ1) is 17.7. The standard InChI is InChI=1S/C19H22ClFN2O3/c20-15-8-14(3-4-16(15)21)18(25)23-11-19(12-23)9-13(10-26-19)7-17(24)22-5-1-2-6-22/h3-4,8,13H,1-2,5-7,9-12H2. The molecule has 0 aromatic heterocycles. The van der Waals surface area contributed by atoms with E-state index in [-0.39, 0.29) is 28.4 Å². The number of ether oxygens (including phenoxy) is 1. The van der Waals surface area contributed by atoms with Crippen LogP contribution < -0.4 is 0 Å². The molecule has 1 atom stereocenters. The highest BCUT2D eigenvalue weighted by Gasteiger charge is 2.51. The van der Waals surface area contributed by atoms with Crippen molar-refractivity contribution in [2.24, 2.45) is 5.92 Å². The number of amides is 2. The summed E-state index contributed by atoms with van der Waals surface area (Å²) < 4.78 is 19.2. The number of hydrogen-bond acceptors (Lipinski definition) is 3. The first-order valence-electron chi connectivity index (χ1n) is 9.12. The predicted molar refractivity (Wildman–Crippen MR) is 94.5 cm³/mol. The van der Waals surface area contributed by atoms with Gasteiger partial charge in [0.15, 0.2) is 0 Å². The van der Waals surface area contributed by atoms with E-state index in [0.29, 0.717) is 31.7 Å². The maximum absolute atomic E-state index is 13.3. The van der Waals surface area contributed by atoms with Crippen LogP contribution in [0.25, 0.3) is 0 Å². The van der Waals surface area contributed by atoms with Crippen molar-refractivity contribution in [3.8, 4) is 0 Å². The van der Waals surface area contributed by atoms with E-state index in [0.717, 1.165) is 32.4 Å². The Labute approximate surface area is 157 Å². The van der Waals surface area contributed by atoms with Gasteiger partial charge in [0.2, 0.25) is 5.91 Å². The topological polar surface area (TPSA) is 49.9 Å². The van der Waals surface area contributed by atoms with Crippen molar-refractivity contribution in [3.63, 3.8) is 0 Å². The van der Waals surface area contributed by atoms with Crippen molar-refractivity contribution in [1.29, 1.82) is 0 Å². The third kappa shape index (κ3) is 3.32. The molecule has 5 nitrogen and oxygen atoms in total. The highest BCUT2D eigenvalue weighted by Crippen LogP contribution is 2.40. The average molecular weight is 381 g/mol. The van der Waals surface area contributed by atoms with Gasteiger partial charge in [-0.25, -0.2) is 4.39 Å². The van der Waals surface area contributed by atoms with Crippen LogP contribution in [0.3, 0.4) is 0 Å². The maximum Gasteiger partial charge on any atom is 0.254 e. The van der Waals surface area contributed by atoms with Crippen LogP contribution in [0.2, 0.25) is 5.02 Å². The van der Waals surface area contributed by atoms with Crippen molar-refractivity contribution >= 4 is 23.4 Å². The lowest BCUT2D eigenvalue weighted by Gasteiger charge is -2.47. The third-order valence-electron chi connectivity index (χ3n) is 5.62. The molecule has 1 aromatic rings. The Morgan fingerprint density at radius 3 is 2.65 bits per heavy atom. The zero-order valence-electron chi connectivity index (χ0n) is 14.5. The molecule has 26 heavy (non-hydrogen) atoms. The van der Waals surface area contributed by atoms with Gasteiger partial charge in [-0.3, -0.25) is 9.59 Å². The van der Waals surface area contributed by atoms with Crippen molar-refractivity contribution in [1.82, 2.24) is 9.80 Å². The normalized spacial score (nSPS) is 24.2. The first-order chi connectivity index (χ1) is 12.5. The van der Waals surface area contributed by atoms with Gasteiger partial charge in [-0.1, -0.05) is 11.6 Å². The summed E-state index contributed by atoms with van der Waals surface area (Å²) in [4.78, 5) is 28.4. The number of rotatable bonds is 3. The smallest absolute Gasteiger partial charge is 0.254 e. The van der Waals surface area contributed by atoms with E-state index < -0.39 is 5.82 Å². The maximum atomic E-state index is 13.3. The monoisotopic (exact) mass is 380 g/mol. The summed E-state index contributed by atoms with van der Waals surface area (Å²) >= 11 is 5.76. The summed E-state index contributed by atoms with van der Waals surface area (Å²) in [5.74, 6) is -0.257. The molecule has 4 rings (SSSR count). The fourth-order valence-electron chi connectivity index (χ4n) is 4.24. The third-order valence-corrected chi connectivity index (χ3v) is 5.91. The quantitative estimate of drug-likeness (QED) is 0.810. The molecular weight excluding hydrogens is 359 g/mol. The fourth-order valence-corrected chi connectivity index (χ4v) is 4.42. The minimum atomic E-state index is -0.534. The molecule has 0 bridgehead atoms. The molecule has 3 aliphatic rings. The van der Waals surface area contributed by atoms with E-state index in [9.17, 15) is 14.0 Å². The van der Waals surface area contributed by atoms with Gasteiger partial charge in [-0.05, 0) is 43.4 Å². The summed E-state index contributed by atoms with van der Waals surface area (Å²) in [6.45, 7) is 3.34. The Balaban J connectivity index is 1.30. The van der Waals surface area contributed by atoms with E-state index in [4.69, 9.17) is 16.3 Å². The van der Waals surface area contributed by atoms with Crippen LogP contribution in [0.15, 0.2) is 18.2 Å². The Bertz CT molecular complexity index is 729. The van der Waals surface area contributed by atoms with Gasteiger partial charge in [0.1, 0.15) is 11.4 Å². The van der Waals surface area contributed by atoms with Gasteiger partial charge < -0.3 is 14.5 Å². The number of halogens is 2. The molecule has 3 heterocycles. The summed E-state index contributed by atoms with van der Waals surface area (Å²) in [7, 11) is 0. The van der Waals surface area contributed by atoms with Crippen molar-refractivity contribution < 1.29 is 18.7 Å². The van der Waals surface area contributed by atoms with Gasteiger partial charge in [0.05, 0.1) is 24.7 Å².